The molecule has 8 heteroatoms. The van der Waals surface area contributed by atoms with E-state index in [1.165, 1.54) is 48.5 Å². The van der Waals surface area contributed by atoms with Crippen LogP contribution < -0.4 is 9.62 Å². The fourth-order valence-electron chi connectivity index (χ4n) is 2.62. The molecule has 3 rings (SSSR count). The van der Waals surface area contributed by atoms with Crippen molar-refractivity contribution >= 4 is 38.9 Å². The smallest absolute Gasteiger partial charge is 0.264 e. The van der Waals surface area contributed by atoms with Crippen LogP contribution in [0.2, 0.25) is 5.02 Å². The van der Waals surface area contributed by atoms with Crippen LogP contribution in [0.15, 0.2) is 77.7 Å². The monoisotopic (exact) mass is 432 g/mol. The molecule has 0 atom stereocenters. The first-order valence-electron chi connectivity index (χ1n) is 8.66. The first kappa shape index (κ1) is 20.8. The summed E-state index contributed by atoms with van der Waals surface area (Å²) in [4.78, 5) is 12.6. The summed E-state index contributed by atoms with van der Waals surface area (Å²) in [6.45, 7) is 1.39. The van der Waals surface area contributed by atoms with E-state index < -0.39 is 28.3 Å². The summed E-state index contributed by atoms with van der Waals surface area (Å²) in [5.74, 6) is -1.00. The quantitative estimate of drug-likeness (QED) is 0.618. The highest BCUT2D eigenvalue weighted by atomic mass is 35.5. The van der Waals surface area contributed by atoms with Crippen LogP contribution in [0.5, 0.6) is 0 Å². The van der Waals surface area contributed by atoms with Crippen LogP contribution in [0.1, 0.15) is 5.56 Å². The van der Waals surface area contributed by atoms with E-state index in [9.17, 15) is 17.6 Å². The lowest BCUT2D eigenvalue weighted by molar-refractivity contribution is -0.114. The number of carbonyl (C=O) groups excluding carboxylic acids is 1. The van der Waals surface area contributed by atoms with Crippen molar-refractivity contribution in [2.75, 3.05) is 16.2 Å². The molecule has 0 spiro atoms. The molecule has 1 N–H and O–H groups in total. The minimum Gasteiger partial charge on any atom is -0.325 e. The van der Waals surface area contributed by atoms with E-state index in [0.717, 1.165) is 9.87 Å². The number of rotatable bonds is 6. The van der Waals surface area contributed by atoms with Gasteiger partial charge in [0.05, 0.1) is 10.6 Å². The number of sulfonamides is 1. The van der Waals surface area contributed by atoms with E-state index in [1.807, 2.05) is 6.92 Å². The molecule has 3 aromatic carbocycles. The number of carbonyl (C=O) groups is 1. The van der Waals surface area contributed by atoms with Crippen molar-refractivity contribution in [3.05, 3.63) is 89.2 Å². The molecule has 0 unspecified atom stereocenters. The van der Waals surface area contributed by atoms with Crippen LogP contribution in [0.25, 0.3) is 0 Å². The van der Waals surface area contributed by atoms with Crippen molar-refractivity contribution in [1.29, 1.82) is 0 Å². The zero-order chi connectivity index (χ0) is 21.0. The number of hydrogen-bond donors (Lipinski definition) is 1. The molecule has 0 aromatic heterocycles. The van der Waals surface area contributed by atoms with Gasteiger partial charge in [-0.1, -0.05) is 29.3 Å². The fraction of sp³-hybridized carbons (Fsp3) is 0.0952. The molecule has 0 radical (unpaired) electrons. The van der Waals surface area contributed by atoms with Gasteiger partial charge in [0.1, 0.15) is 12.4 Å². The summed E-state index contributed by atoms with van der Waals surface area (Å²) < 4.78 is 40.5. The standard InChI is InChI=1S/C21H18ClFN2O3S/c1-15-2-12-20(13-3-15)29(27,28)25(19-10-4-16(22)5-11-19)14-21(26)24-18-8-6-17(23)7-9-18/h2-13H,14H2,1H3,(H,24,26). The Kier molecular flexibility index (Phi) is 6.20. The maximum atomic E-state index is 13.2. The normalized spacial score (nSPS) is 11.1. The van der Waals surface area contributed by atoms with Gasteiger partial charge in [0.25, 0.3) is 10.0 Å². The molecule has 0 heterocycles. The molecule has 0 bridgehead atoms. The lowest BCUT2D eigenvalue weighted by Gasteiger charge is -2.24. The Morgan fingerprint density at radius 1 is 0.966 bits per heavy atom. The van der Waals surface area contributed by atoms with Crippen LogP contribution >= 0.6 is 11.6 Å². The Morgan fingerprint density at radius 2 is 1.55 bits per heavy atom. The largest absolute Gasteiger partial charge is 0.325 e. The summed E-state index contributed by atoms with van der Waals surface area (Å²) in [7, 11) is -4.01. The molecular weight excluding hydrogens is 415 g/mol. The van der Waals surface area contributed by atoms with Crippen LogP contribution in [0.3, 0.4) is 0 Å². The number of anilines is 2. The SMILES string of the molecule is Cc1ccc(S(=O)(=O)N(CC(=O)Nc2ccc(F)cc2)c2ccc(Cl)cc2)cc1. The van der Waals surface area contributed by atoms with Gasteiger partial charge in [0, 0.05) is 10.7 Å². The molecule has 0 fully saturated rings. The highest BCUT2D eigenvalue weighted by molar-refractivity contribution is 7.92. The van der Waals surface area contributed by atoms with Crippen molar-refractivity contribution in [1.82, 2.24) is 0 Å². The molecule has 0 aliphatic heterocycles. The molecule has 0 aliphatic rings. The number of aryl methyl sites for hydroxylation is 1. The van der Waals surface area contributed by atoms with E-state index in [1.54, 1.807) is 24.3 Å². The Labute approximate surface area is 173 Å². The summed E-state index contributed by atoms with van der Waals surface area (Å²) in [5.41, 5.74) is 1.57. The third-order valence-corrected chi connectivity index (χ3v) is 6.18. The molecule has 150 valence electrons. The zero-order valence-corrected chi connectivity index (χ0v) is 17.0. The van der Waals surface area contributed by atoms with Crippen LogP contribution in [0.4, 0.5) is 15.8 Å². The number of nitrogens with zero attached hydrogens (tertiary/aromatic N) is 1. The third-order valence-electron chi connectivity index (χ3n) is 4.14. The molecule has 0 saturated carbocycles. The summed E-state index contributed by atoms with van der Waals surface area (Å²) in [6, 6.07) is 17.7. The van der Waals surface area contributed by atoms with Crippen molar-refractivity contribution < 1.29 is 17.6 Å². The maximum absolute atomic E-state index is 13.2. The first-order chi connectivity index (χ1) is 13.8. The third kappa shape index (κ3) is 5.13. The summed E-state index contributed by atoms with van der Waals surface area (Å²) in [5, 5.41) is 3.02. The van der Waals surface area contributed by atoms with Gasteiger partial charge >= 0.3 is 0 Å². The molecule has 0 aliphatic carbocycles. The zero-order valence-electron chi connectivity index (χ0n) is 15.5. The minimum atomic E-state index is -4.01. The van der Waals surface area contributed by atoms with E-state index >= 15 is 0 Å². The predicted molar refractivity (Wildman–Crippen MR) is 112 cm³/mol. The van der Waals surface area contributed by atoms with Gasteiger partial charge in [-0.15, -0.1) is 0 Å². The number of amides is 1. The minimum absolute atomic E-state index is 0.0626. The Morgan fingerprint density at radius 3 is 2.14 bits per heavy atom. The number of nitrogens with one attached hydrogen (secondary N) is 1. The Balaban J connectivity index is 1.92. The Hall–Kier alpha value is -2.90. The Bertz CT molecular complexity index is 1100. The second kappa shape index (κ2) is 8.63. The van der Waals surface area contributed by atoms with E-state index in [4.69, 9.17) is 11.6 Å². The summed E-state index contributed by atoms with van der Waals surface area (Å²) >= 11 is 5.91. The lowest BCUT2D eigenvalue weighted by Crippen LogP contribution is -2.38. The lowest BCUT2D eigenvalue weighted by atomic mass is 10.2. The van der Waals surface area contributed by atoms with E-state index in [0.29, 0.717) is 16.4 Å². The van der Waals surface area contributed by atoms with Gasteiger partial charge in [0.2, 0.25) is 5.91 Å². The van der Waals surface area contributed by atoms with Crippen LogP contribution in [-0.4, -0.2) is 20.9 Å². The molecule has 29 heavy (non-hydrogen) atoms. The van der Waals surface area contributed by atoms with Crippen molar-refractivity contribution in [2.45, 2.75) is 11.8 Å². The fourth-order valence-corrected chi connectivity index (χ4v) is 4.17. The van der Waals surface area contributed by atoms with Gasteiger partial charge < -0.3 is 5.32 Å². The van der Waals surface area contributed by atoms with Crippen LogP contribution in [0, 0.1) is 12.7 Å². The average molecular weight is 433 g/mol. The number of hydrogen-bond acceptors (Lipinski definition) is 3. The molecule has 3 aromatic rings. The molecule has 1 amide bonds. The van der Waals surface area contributed by atoms with E-state index in [-0.39, 0.29) is 4.90 Å². The first-order valence-corrected chi connectivity index (χ1v) is 10.5. The summed E-state index contributed by atoms with van der Waals surface area (Å²) in [6.07, 6.45) is 0. The highest BCUT2D eigenvalue weighted by Gasteiger charge is 2.27. The van der Waals surface area contributed by atoms with Gasteiger partial charge in [-0.2, -0.15) is 0 Å². The van der Waals surface area contributed by atoms with Gasteiger partial charge in [-0.3, -0.25) is 9.10 Å². The van der Waals surface area contributed by atoms with Crippen LogP contribution in [-0.2, 0) is 14.8 Å². The molecular formula is C21H18ClFN2O3S. The van der Waals surface area contributed by atoms with E-state index in [2.05, 4.69) is 5.32 Å². The molecule has 5 nitrogen and oxygen atoms in total. The second-order valence-corrected chi connectivity index (χ2v) is 8.65. The van der Waals surface area contributed by atoms with Gasteiger partial charge in [-0.05, 0) is 67.6 Å². The highest BCUT2D eigenvalue weighted by Crippen LogP contribution is 2.25. The number of halogens is 2. The number of benzene rings is 3. The van der Waals surface area contributed by atoms with Gasteiger partial charge in [-0.25, -0.2) is 12.8 Å². The average Bonchev–Trinajstić information content (AvgIpc) is 2.69. The topological polar surface area (TPSA) is 66.5 Å². The van der Waals surface area contributed by atoms with Crippen molar-refractivity contribution in [3.8, 4) is 0 Å². The molecule has 0 saturated heterocycles. The second-order valence-electron chi connectivity index (χ2n) is 6.36. The van der Waals surface area contributed by atoms with Crippen molar-refractivity contribution in [3.63, 3.8) is 0 Å². The maximum Gasteiger partial charge on any atom is 0.264 e. The van der Waals surface area contributed by atoms with Gasteiger partial charge in [0.15, 0.2) is 0 Å². The predicted octanol–water partition coefficient (Wildman–Crippen LogP) is 4.62. The van der Waals surface area contributed by atoms with Crippen molar-refractivity contribution in [2.24, 2.45) is 0 Å².